The minimum Gasteiger partial charge on any atom is -0.462 e. The molecule has 1 unspecified atom stereocenters. The Labute approximate surface area is 178 Å². The summed E-state index contributed by atoms with van der Waals surface area (Å²) in [7, 11) is 0. The fourth-order valence-electron chi connectivity index (χ4n) is 3.49. The summed E-state index contributed by atoms with van der Waals surface area (Å²) in [5.74, 6) is -0.310. The zero-order valence-electron chi connectivity index (χ0n) is 16.0. The molecule has 2 aromatic carbocycles. The minimum absolute atomic E-state index is 0.159. The number of nitrogens with one attached hydrogen (secondary N) is 1. The molecule has 5 heteroatoms. The second-order valence-electron chi connectivity index (χ2n) is 6.66. The number of hydrogen-bond acceptors (Lipinski definition) is 3. The molecular weight excluding hydrogens is 428 g/mol. The molecule has 4 aromatic rings. The van der Waals surface area contributed by atoms with Gasteiger partial charge >= 0.3 is 5.97 Å². The van der Waals surface area contributed by atoms with E-state index in [0.717, 1.165) is 26.9 Å². The van der Waals surface area contributed by atoms with Crippen LogP contribution in [0.3, 0.4) is 0 Å². The summed E-state index contributed by atoms with van der Waals surface area (Å²) in [6, 6.07) is 25.9. The number of aromatic nitrogens is 1. The van der Waals surface area contributed by atoms with Crippen molar-refractivity contribution in [2.75, 3.05) is 11.9 Å². The maximum absolute atomic E-state index is 12.6. The van der Waals surface area contributed by atoms with Crippen LogP contribution >= 0.6 is 15.9 Å². The Hall–Kier alpha value is -3.05. The Morgan fingerprint density at radius 1 is 1.03 bits per heavy atom. The van der Waals surface area contributed by atoms with Gasteiger partial charge in [0.1, 0.15) is 0 Å². The molecule has 0 saturated heterocycles. The van der Waals surface area contributed by atoms with Gasteiger partial charge in [-0.15, -0.1) is 0 Å². The lowest BCUT2D eigenvalue weighted by atomic mass is 10.0. The van der Waals surface area contributed by atoms with E-state index in [1.165, 1.54) is 0 Å². The molecule has 4 nitrogen and oxygen atoms in total. The third-order valence-corrected chi connectivity index (χ3v) is 5.26. The molecule has 2 aromatic heterocycles. The molecule has 2 heterocycles. The van der Waals surface area contributed by atoms with Crippen LogP contribution in [0.1, 0.15) is 34.6 Å². The van der Waals surface area contributed by atoms with E-state index in [4.69, 9.17) is 4.74 Å². The normalized spacial score (nSPS) is 11.9. The first-order valence-corrected chi connectivity index (χ1v) is 10.3. The highest BCUT2D eigenvalue weighted by Gasteiger charge is 2.23. The van der Waals surface area contributed by atoms with Crippen molar-refractivity contribution in [2.24, 2.45) is 0 Å². The molecule has 0 saturated carbocycles. The van der Waals surface area contributed by atoms with Crippen LogP contribution in [0.15, 0.2) is 89.5 Å². The number of halogens is 1. The summed E-state index contributed by atoms with van der Waals surface area (Å²) in [6.45, 7) is 2.16. The zero-order valence-corrected chi connectivity index (χ0v) is 17.6. The van der Waals surface area contributed by atoms with Crippen LogP contribution in [-0.2, 0) is 4.74 Å². The van der Waals surface area contributed by atoms with Crippen LogP contribution in [0, 0.1) is 0 Å². The fourth-order valence-corrected chi connectivity index (χ4v) is 3.91. The second kappa shape index (κ2) is 8.53. The highest BCUT2D eigenvalue weighted by Crippen LogP contribution is 2.31. The number of esters is 1. The van der Waals surface area contributed by atoms with E-state index in [2.05, 4.69) is 33.4 Å². The number of rotatable bonds is 6. The van der Waals surface area contributed by atoms with E-state index < -0.39 is 0 Å². The van der Waals surface area contributed by atoms with E-state index >= 15 is 0 Å². The van der Waals surface area contributed by atoms with E-state index in [0.29, 0.717) is 12.2 Å². The van der Waals surface area contributed by atoms with Gasteiger partial charge in [-0.05, 0) is 55.0 Å². The Morgan fingerprint density at radius 2 is 1.83 bits per heavy atom. The van der Waals surface area contributed by atoms with Crippen molar-refractivity contribution in [2.45, 2.75) is 13.0 Å². The average molecular weight is 449 g/mol. The smallest absolute Gasteiger partial charge is 0.340 e. The lowest BCUT2D eigenvalue weighted by molar-refractivity contribution is 0.0529. The maximum Gasteiger partial charge on any atom is 0.340 e. The molecule has 4 rings (SSSR count). The molecule has 0 amide bonds. The van der Waals surface area contributed by atoms with Crippen LogP contribution in [0.4, 0.5) is 5.69 Å². The second-order valence-corrected chi connectivity index (χ2v) is 7.57. The number of hydrogen-bond donors (Lipinski definition) is 1. The summed E-state index contributed by atoms with van der Waals surface area (Å²) >= 11 is 3.58. The minimum atomic E-state index is -0.310. The predicted molar refractivity (Wildman–Crippen MR) is 119 cm³/mol. The molecule has 0 radical (unpaired) electrons. The molecule has 0 aliphatic heterocycles. The third-order valence-electron chi connectivity index (χ3n) is 4.76. The van der Waals surface area contributed by atoms with Gasteiger partial charge in [0, 0.05) is 16.4 Å². The quantitative estimate of drug-likeness (QED) is 0.363. The third kappa shape index (κ3) is 4.05. The summed E-state index contributed by atoms with van der Waals surface area (Å²) in [5.41, 5.74) is 4.45. The van der Waals surface area contributed by atoms with Crippen LogP contribution < -0.4 is 5.32 Å². The van der Waals surface area contributed by atoms with Crippen molar-refractivity contribution in [3.8, 4) is 0 Å². The molecule has 0 fully saturated rings. The number of benzene rings is 2. The van der Waals surface area contributed by atoms with E-state index in [9.17, 15) is 4.79 Å². The van der Waals surface area contributed by atoms with E-state index in [1.807, 2.05) is 84.3 Å². The first-order chi connectivity index (χ1) is 14.2. The molecule has 0 aliphatic rings. The zero-order chi connectivity index (χ0) is 20.2. The van der Waals surface area contributed by atoms with Gasteiger partial charge in [0.05, 0.1) is 29.4 Å². The Kier molecular flexibility index (Phi) is 5.67. The van der Waals surface area contributed by atoms with E-state index in [1.54, 1.807) is 0 Å². The van der Waals surface area contributed by atoms with Gasteiger partial charge in [-0.2, -0.15) is 0 Å². The highest BCUT2D eigenvalue weighted by atomic mass is 79.9. The van der Waals surface area contributed by atoms with Crippen molar-refractivity contribution in [1.29, 1.82) is 0 Å². The average Bonchev–Trinajstić information content (AvgIpc) is 3.13. The number of carbonyl (C=O) groups is 1. The standard InChI is InChI=1S/C24H21BrN2O2/c1-2-29-24(28)20-16-22(27-14-7-6-13-21(20)27)23(17-9-8-10-18(25)15-17)26-19-11-4-3-5-12-19/h3-16,23,26H,2H2,1H3. The summed E-state index contributed by atoms with van der Waals surface area (Å²) in [6.07, 6.45) is 1.98. The lowest BCUT2D eigenvalue weighted by Gasteiger charge is -2.21. The summed E-state index contributed by atoms with van der Waals surface area (Å²) in [5, 5.41) is 3.62. The monoisotopic (exact) mass is 448 g/mol. The number of para-hydroxylation sites is 1. The predicted octanol–water partition coefficient (Wildman–Crippen LogP) is 6.08. The van der Waals surface area contributed by atoms with Gasteiger partial charge in [0.2, 0.25) is 0 Å². The maximum atomic E-state index is 12.6. The molecule has 146 valence electrons. The molecule has 0 spiro atoms. The van der Waals surface area contributed by atoms with Gasteiger partial charge < -0.3 is 14.5 Å². The Bertz CT molecular complexity index is 1140. The number of anilines is 1. The largest absolute Gasteiger partial charge is 0.462 e. The van der Waals surface area contributed by atoms with Gasteiger partial charge in [-0.3, -0.25) is 0 Å². The van der Waals surface area contributed by atoms with E-state index in [-0.39, 0.29) is 12.0 Å². The van der Waals surface area contributed by atoms with Crippen molar-refractivity contribution in [3.63, 3.8) is 0 Å². The lowest BCUT2D eigenvalue weighted by Crippen LogP contribution is -2.14. The molecule has 0 bridgehead atoms. The topological polar surface area (TPSA) is 42.7 Å². The van der Waals surface area contributed by atoms with Crippen LogP contribution in [0.25, 0.3) is 5.52 Å². The highest BCUT2D eigenvalue weighted by molar-refractivity contribution is 9.10. The Balaban J connectivity index is 1.88. The van der Waals surface area contributed by atoms with Crippen molar-refractivity contribution in [1.82, 2.24) is 4.40 Å². The van der Waals surface area contributed by atoms with Gasteiger partial charge in [-0.1, -0.05) is 52.3 Å². The number of carbonyl (C=O) groups excluding carboxylic acids is 1. The van der Waals surface area contributed by atoms with Crippen molar-refractivity contribution in [3.05, 3.63) is 106 Å². The molecule has 1 N–H and O–H groups in total. The fraction of sp³-hybridized carbons (Fsp3) is 0.125. The molecule has 29 heavy (non-hydrogen) atoms. The van der Waals surface area contributed by atoms with Crippen LogP contribution in [0.5, 0.6) is 0 Å². The summed E-state index contributed by atoms with van der Waals surface area (Å²) < 4.78 is 8.34. The SMILES string of the molecule is CCOC(=O)c1cc(C(Nc2ccccc2)c2cccc(Br)c2)n2ccccc12. The molecule has 1 atom stereocenters. The number of nitrogens with zero attached hydrogens (tertiary/aromatic N) is 1. The number of ether oxygens (including phenoxy) is 1. The van der Waals surface area contributed by atoms with Gasteiger partial charge in [-0.25, -0.2) is 4.79 Å². The molecular formula is C24H21BrN2O2. The summed E-state index contributed by atoms with van der Waals surface area (Å²) in [4.78, 5) is 12.6. The van der Waals surface area contributed by atoms with Crippen molar-refractivity contribution >= 4 is 33.1 Å². The van der Waals surface area contributed by atoms with Crippen LogP contribution in [0.2, 0.25) is 0 Å². The Morgan fingerprint density at radius 3 is 2.59 bits per heavy atom. The first-order valence-electron chi connectivity index (χ1n) is 9.51. The van der Waals surface area contributed by atoms with Crippen molar-refractivity contribution < 1.29 is 9.53 Å². The first kappa shape index (κ1) is 19.3. The van der Waals surface area contributed by atoms with Gasteiger partial charge in [0.25, 0.3) is 0 Å². The van der Waals surface area contributed by atoms with Crippen LogP contribution in [-0.4, -0.2) is 17.0 Å². The molecule has 0 aliphatic carbocycles. The number of fused-ring (bicyclic) bond motifs is 1. The van der Waals surface area contributed by atoms with Gasteiger partial charge in [0.15, 0.2) is 0 Å². The number of pyridine rings is 1.